The van der Waals surface area contributed by atoms with Crippen molar-refractivity contribution in [3.63, 3.8) is 0 Å². The van der Waals surface area contributed by atoms with Gasteiger partial charge in [0.2, 0.25) is 5.56 Å². The third kappa shape index (κ3) is 7.99. The van der Waals surface area contributed by atoms with E-state index in [-0.39, 0.29) is 23.9 Å². The number of hydrogen-bond donors (Lipinski definition) is 5. The van der Waals surface area contributed by atoms with Crippen molar-refractivity contribution in [2.24, 2.45) is 5.92 Å². The average molecular weight is 703 g/mol. The maximum atomic E-state index is 12.9. The molecule has 270 valence electrons. The number of ether oxygens (including phenoxy) is 1. The van der Waals surface area contributed by atoms with Gasteiger partial charge in [0.05, 0.1) is 30.0 Å². The SMILES string of the molecule is O=C(O)N(c1cc(CCCCOc2cccc(CNC[C@@H](O)c3ccc(O)c4[nH]c(=O)ccc34)c2)ccc1-c1ccccc1)[C@H]1CN2CCC1CC2. The fraction of sp³-hybridized carbons (Fsp3) is 0.333. The number of aryl methyl sites for hydroxylation is 1. The second kappa shape index (κ2) is 16.0. The molecule has 2 atom stereocenters. The highest BCUT2D eigenvalue weighted by Crippen LogP contribution is 2.39. The first-order valence-corrected chi connectivity index (χ1v) is 18.2. The number of amides is 1. The number of aliphatic hydroxyl groups is 1. The fourth-order valence-electron chi connectivity index (χ4n) is 7.82. The second-order valence-corrected chi connectivity index (χ2v) is 14.0. The number of carbonyl (C=O) groups is 1. The van der Waals surface area contributed by atoms with E-state index in [1.54, 1.807) is 17.0 Å². The largest absolute Gasteiger partial charge is 0.506 e. The van der Waals surface area contributed by atoms with Crippen LogP contribution in [0.4, 0.5) is 10.5 Å². The maximum absolute atomic E-state index is 12.9. The van der Waals surface area contributed by atoms with Crippen LogP contribution < -0.4 is 20.5 Å². The maximum Gasteiger partial charge on any atom is 0.412 e. The summed E-state index contributed by atoms with van der Waals surface area (Å²) in [5.41, 5.74) is 5.48. The van der Waals surface area contributed by atoms with E-state index in [9.17, 15) is 24.9 Å². The van der Waals surface area contributed by atoms with Crippen LogP contribution in [0.15, 0.2) is 102 Å². The highest BCUT2D eigenvalue weighted by atomic mass is 16.5. The smallest absolute Gasteiger partial charge is 0.412 e. The quantitative estimate of drug-likeness (QED) is 0.0806. The van der Waals surface area contributed by atoms with Crippen LogP contribution in [-0.4, -0.2) is 70.1 Å². The Bertz CT molecular complexity index is 2060. The molecule has 4 heterocycles. The molecular weight excluding hydrogens is 656 g/mol. The molecule has 1 aromatic heterocycles. The van der Waals surface area contributed by atoms with Crippen molar-refractivity contribution in [2.45, 2.75) is 50.8 Å². The van der Waals surface area contributed by atoms with E-state index in [4.69, 9.17) is 4.74 Å². The molecule has 52 heavy (non-hydrogen) atoms. The van der Waals surface area contributed by atoms with Crippen molar-refractivity contribution < 1.29 is 24.9 Å². The van der Waals surface area contributed by atoms with E-state index in [1.165, 1.54) is 12.1 Å². The molecule has 5 N–H and O–H groups in total. The first-order valence-electron chi connectivity index (χ1n) is 18.2. The zero-order chi connectivity index (χ0) is 36.0. The standard InChI is InChI=1S/C42H46N4O6/c47-38-16-14-34(35-15-17-40(49)44-41(35)38)39(48)26-43-25-29-8-6-11-32(23-29)52-22-5-4-7-28-12-13-33(30-9-2-1-3-10-30)36(24-28)46(42(50)51)37-27-45-20-18-31(37)19-21-45/h1-3,6,8-17,23-24,31,37,39,43,47-48H,4-5,7,18-22,25-27H2,(H,44,49)(H,50,51)/t37-,39+/m0/s1. The van der Waals surface area contributed by atoms with Crippen LogP contribution in [0.25, 0.3) is 22.0 Å². The van der Waals surface area contributed by atoms with Gasteiger partial charge in [-0.2, -0.15) is 0 Å². The van der Waals surface area contributed by atoms with Gasteiger partial charge in [-0.1, -0.05) is 60.7 Å². The molecule has 2 bridgehead atoms. The number of benzene rings is 4. The van der Waals surface area contributed by atoms with E-state index in [2.05, 4.69) is 33.4 Å². The topological polar surface area (TPSA) is 138 Å². The molecular formula is C42H46N4O6. The van der Waals surface area contributed by atoms with Gasteiger partial charge in [-0.05, 0) is 104 Å². The number of phenols is 1. The summed E-state index contributed by atoms with van der Waals surface area (Å²) < 4.78 is 6.11. The number of unbranched alkanes of at least 4 members (excludes halogenated alkanes) is 1. The number of hydrogen-bond acceptors (Lipinski definition) is 7. The molecule has 3 aliphatic heterocycles. The van der Waals surface area contributed by atoms with E-state index in [0.29, 0.717) is 35.5 Å². The van der Waals surface area contributed by atoms with Crippen molar-refractivity contribution in [1.82, 2.24) is 15.2 Å². The fourth-order valence-corrected chi connectivity index (χ4v) is 7.82. The molecule has 0 unspecified atom stereocenters. The van der Waals surface area contributed by atoms with Gasteiger partial charge in [-0.25, -0.2) is 4.79 Å². The van der Waals surface area contributed by atoms with Gasteiger partial charge in [-0.15, -0.1) is 0 Å². The molecule has 5 aromatic rings. The van der Waals surface area contributed by atoms with Crippen LogP contribution in [0, 0.1) is 5.92 Å². The molecule has 0 radical (unpaired) electrons. The normalized spacial score (nSPS) is 18.7. The van der Waals surface area contributed by atoms with Crippen LogP contribution in [0.2, 0.25) is 0 Å². The number of fused-ring (bicyclic) bond motifs is 4. The molecule has 3 fully saturated rings. The number of aromatic nitrogens is 1. The number of aromatic hydroxyl groups is 1. The third-order valence-corrected chi connectivity index (χ3v) is 10.5. The summed E-state index contributed by atoms with van der Waals surface area (Å²) in [5.74, 6) is 1.12. The van der Waals surface area contributed by atoms with E-state index < -0.39 is 12.2 Å². The molecule has 10 heteroatoms. The van der Waals surface area contributed by atoms with E-state index >= 15 is 0 Å². The Hall–Kier alpha value is -5.16. The lowest BCUT2D eigenvalue weighted by atomic mass is 9.82. The highest BCUT2D eigenvalue weighted by Gasteiger charge is 2.40. The second-order valence-electron chi connectivity index (χ2n) is 14.0. The van der Waals surface area contributed by atoms with Gasteiger partial charge in [0.15, 0.2) is 0 Å². The molecule has 0 spiro atoms. The molecule has 0 saturated carbocycles. The van der Waals surface area contributed by atoms with Crippen LogP contribution in [0.1, 0.15) is 48.5 Å². The average Bonchev–Trinajstić information content (AvgIpc) is 3.16. The van der Waals surface area contributed by atoms with Crippen LogP contribution >= 0.6 is 0 Å². The molecule has 1 amide bonds. The Morgan fingerprint density at radius 2 is 1.77 bits per heavy atom. The highest BCUT2D eigenvalue weighted by molar-refractivity contribution is 5.94. The summed E-state index contributed by atoms with van der Waals surface area (Å²) in [7, 11) is 0. The van der Waals surface area contributed by atoms with Crippen LogP contribution in [-0.2, 0) is 13.0 Å². The predicted molar refractivity (Wildman–Crippen MR) is 203 cm³/mol. The molecule has 0 aliphatic carbocycles. The molecule has 3 aliphatic rings. The lowest BCUT2D eigenvalue weighted by Gasteiger charge is -2.48. The third-order valence-electron chi connectivity index (χ3n) is 10.5. The number of pyridine rings is 1. The van der Waals surface area contributed by atoms with Gasteiger partial charge >= 0.3 is 6.09 Å². The van der Waals surface area contributed by atoms with E-state index in [1.807, 2.05) is 54.6 Å². The predicted octanol–water partition coefficient (Wildman–Crippen LogP) is 6.70. The number of rotatable bonds is 14. The number of carboxylic acid groups (broad SMARTS) is 1. The number of phenolic OH excluding ortho intramolecular Hbond substituents is 1. The van der Waals surface area contributed by atoms with Crippen molar-refractivity contribution >= 4 is 22.7 Å². The first kappa shape index (κ1) is 35.3. The number of anilines is 1. The lowest BCUT2D eigenvalue weighted by Crippen LogP contribution is -2.59. The van der Waals surface area contributed by atoms with Gasteiger partial charge in [0.25, 0.3) is 0 Å². The van der Waals surface area contributed by atoms with E-state index in [0.717, 1.165) is 85.4 Å². The lowest BCUT2D eigenvalue weighted by molar-refractivity contribution is 0.0837. The summed E-state index contributed by atoms with van der Waals surface area (Å²) in [6.45, 7) is 4.25. The summed E-state index contributed by atoms with van der Waals surface area (Å²) >= 11 is 0. The minimum Gasteiger partial charge on any atom is -0.506 e. The van der Waals surface area contributed by atoms with Gasteiger partial charge < -0.3 is 35.3 Å². The summed E-state index contributed by atoms with van der Waals surface area (Å²) in [6, 6.07) is 30.3. The zero-order valence-corrected chi connectivity index (χ0v) is 29.2. The Kier molecular flexibility index (Phi) is 10.9. The molecule has 4 aromatic carbocycles. The van der Waals surface area contributed by atoms with Crippen molar-refractivity contribution in [2.75, 3.05) is 37.7 Å². The minimum atomic E-state index is -0.889. The Labute approximate surface area is 303 Å². The number of nitrogens with one attached hydrogen (secondary N) is 2. The summed E-state index contributed by atoms with van der Waals surface area (Å²) in [6.07, 6.45) is 2.92. The van der Waals surface area contributed by atoms with Crippen molar-refractivity contribution in [3.8, 4) is 22.6 Å². The molecule has 3 saturated heterocycles. The Balaban J connectivity index is 0.935. The van der Waals surface area contributed by atoms with Crippen molar-refractivity contribution in [1.29, 1.82) is 0 Å². The Morgan fingerprint density at radius 1 is 0.942 bits per heavy atom. The number of H-pyrrole nitrogens is 1. The zero-order valence-electron chi connectivity index (χ0n) is 29.2. The van der Waals surface area contributed by atoms with Gasteiger partial charge in [-0.3, -0.25) is 9.69 Å². The Morgan fingerprint density at radius 3 is 2.54 bits per heavy atom. The molecule has 8 rings (SSSR count). The number of nitrogens with zero attached hydrogens (tertiary/aromatic N) is 2. The molecule has 10 nitrogen and oxygen atoms in total. The van der Waals surface area contributed by atoms with Gasteiger partial charge in [0.1, 0.15) is 11.5 Å². The monoisotopic (exact) mass is 702 g/mol. The number of aliphatic hydroxyl groups excluding tert-OH is 1. The number of aromatic amines is 1. The van der Waals surface area contributed by atoms with Crippen LogP contribution in [0.5, 0.6) is 11.5 Å². The summed E-state index contributed by atoms with van der Waals surface area (Å²) in [4.78, 5) is 31.3. The van der Waals surface area contributed by atoms with Crippen LogP contribution in [0.3, 0.4) is 0 Å². The number of piperidine rings is 3. The minimum absolute atomic E-state index is 0.0398. The first-order chi connectivity index (χ1) is 25.3. The van der Waals surface area contributed by atoms with Crippen molar-refractivity contribution in [3.05, 3.63) is 124 Å². The van der Waals surface area contributed by atoms with Gasteiger partial charge in [0, 0.05) is 36.7 Å². The summed E-state index contributed by atoms with van der Waals surface area (Å²) in [5, 5.41) is 35.5.